The van der Waals surface area contributed by atoms with E-state index < -0.39 is 42.2 Å². The van der Waals surface area contributed by atoms with E-state index in [1.165, 1.54) is 12.1 Å². The minimum atomic E-state index is -1.09. The third-order valence-corrected chi connectivity index (χ3v) is 4.39. The van der Waals surface area contributed by atoms with Gasteiger partial charge in [-0.1, -0.05) is 17.7 Å². The standard InChI is InChI=1S/C22H23ClF2N2O5/c1-2-15(27-22(30)13-31-17-5-3-14(23)4-6-17)9-16(28)11-26-21(29)12-32-18-7-8-19(24)20(25)10-18/h2-8,10,15-16,28H,1,9,11-13H2,(H,26,29)(H,27,30)/t15?,16-/m0/s1. The molecular formula is C22H23ClF2N2O5. The molecule has 10 heteroatoms. The van der Waals surface area contributed by atoms with Gasteiger partial charge in [-0.2, -0.15) is 0 Å². The fraction of sp³-hybridized carbons (Fsp3) is 0.273. The fourth-order valence-corrected chi connectivity index (χ4v) is 2.64. The Balaban J connectivity index is 1.67. The minimum absolute atomic E-state index is 0.00477. The highest BCUT2D eigenvalue weighted by Crippen LogP contribution is 2.16. The van der Waals surface area contributed by atoms with Gasteiger partial charge in [0.25, 0.3) is 11.8 Å². The van der Waals surface area contributed by atoms with Crippen LogP contribution in [0.2, 0.25) is 5.02 Å². The second-order valence-corrected chi connectivity index (χ2v) is 7.15. The van der Waals surface area contributed by atoms with Crippen molar-refractivity contribution in [3.05, 3.63) is 71.8 Å². The van der Waals surface area contributed by atoms with Crippen molar-refractivity contribution in [3.63, 3.8) is 0 Å². The summed E-state index contributed by atoms with van der Waals surface area (Å²) in [6.45, 7) is 2.83. The summed E-state index contributed by atoms with van der Waals surface area (Å²) >= 11 is 5.78. The summed E-state index contributed by atoms with van der Waals surface area (Å²) in [5, 5.41) is 15.8. The van der Waals surface area contributed by atoms with Gasteiger partial charge >= 0.3 is 0 Å². The second kappa shape index (κ2) is 12.6. The van der Waals surface area contributed by atoms with Gasteiger partial charge in [-0.05, 0) is 42.8 Å². The zero-order chi connectivity index (χ0) is 23.5. The van der Waals surface area contributed by atoms with E-state index in [4.69, 9.17) is 21.1 Å². The predicted octanol–water partition coefficient (Wildman–Crippen LogP) is 2.61. The number of aliphatic hydroxyl groups excluding tert-OH is 1. The molecule has 0 bridgehead atoms. The highest BCUT2D eigenvalue weighted by atomic mass is 35.5. The molecule has 2 rings (SSSR count). The van der Waals surface area contributed by atoms with Crippen LogP contribution in [0.4, 0.5) is 8.78 Å². The van der Waals surface area contributed by atoms with Crippen molar-refractivity contribution in [2.24, 2.45) is 0 Å². The number of carbonyl (C=O) groups excluding carboxylic acids is 2. The molecule has 0 saturated carbocycles. The van der Waals surface area contributed by atoms with Crippen LogP contribution in [-0.4, -0.2) is 48.8 Å². The van der Waals surface area contributed by atoms with E-state index in [0.717, 1.165) is 12.1 Å². The summed E-state index contributed by atoms with van der Waals surface area (Å²) in [5.41, 5.74) is 0. The average molecular weight is 469 g/mol. The van der Waals surface area contributed by atoms with Gasteiger partial charge in [0.2, 0.25) is 0 Å². The maximum atomic E-state index is 13.1. The Kier molecular flexibility index (Phi) is 9.90. The van der Waals surface area contributed by atoms with Crippen molar-refractivity contribution in [2.45, 2.75) is 18.6 Å². The smallest absolute Gasteiger partial charge is 0.258 e. The molecule has 0 aliphatic rings. The van der Waals surface area contributed by atoms with Crippen molar-refractivity contribution in [3.8, 4) is 11.5 Å². The first kappa shape index (κ1) is 25.1. The summed E-state index contributed by atoms with van der Waals surface area (Å²) in [4.78, 5) is 23.9. The van der Waals surface area contributed by atoms with E-state index in [9.17, 15) is 23.5 Å². The number of hydrogen-bond donors (Lipinski definition) is 3. The van der Waals surface area contributed by atoms with Crippen molar-refractivity contribution in [1.29, 1.82) is 0 Å². The number of nitrogens with one attached hydrogen (secondary N) is 2. The van der Waals surface area contributed by atoms with Crippen molar-refractivity contribution in [1.82, 2.24) is 10.6 Å². The molecule has 3 N–H and O–H groups in total. The molecule has 0 radical (unpaired) electrons. The lowest BCUT2D eigenvalue weighted by atomic mass is 10.1. The van der Waals surface area contributed by atoms with Crippen LogP contribution in [0.5, 0.6) is 11.5 Å². The molecule has 0 aromatic heterocycles. The number of carbonyl (C=O) groups is 2. The minimum Gasteiger partial charge on any atom is -0.484 e. The summed E-state index contributed by atoms with van der Waals surface area (Å²) < 4.78 is 36.4. The Morgan fingerprint density at radius 1 is 1.03 bits per heavy atom. The summed E-state index contributed by atoms with van der Waals surface area (Å²) in [6.07, 6.45) is 0.570. The second-order valence-electron chi connectivity index (χ2n) is 6.71. The molecule has 1 unspecified atom stereocenters. The maximum Gasteiger partial charge on any atom is 0.258 e. The lowest BCUT2D eigenvalue weighted by molar-refractivity contribution is -0.124. The number of aliphatic hydroxyl groups is 1. The number of benzene rings is 2. The molecule has 172 valence electrons. The van der Waals surface area contributed by atoms with Crippen molar-refractivity contribution < 1.29 is 33.0 Å². The zero-order valence-corrected chi connectivity index (χ0v) is 17.8. The van der Waals surface area contributed by atoms with E-state index in [1.807, 2.05) is 0 Å². The number of halogens is 3. The first-order valence-electron chi connectivity index (χ1n) is 9.59. The Labute approximate surface area is 189 Å². The number of rotatable bonds is 12. The van der Waals surface area contributed by atoms with Crippen LogP contribution < -0.4 is 20.1 Å². The van der Waals surface area contributed by atoms with Gasteiger partial charge < -0.3 is 25.2 Å². The van der Waals surface area contributed by atoms with Crippen LogP contribution in [-0.2, 0) is 9.59 Å². The molecule has 2 aromatic rings. The van der Waals surface area contributed by atoms with Crippen LogP contribution in [0.25, 0.3) is 0 Å². The third kappa shape index (κ3) is 8.91. The van der Waals surface area contributed by atoms with E-state index in [2.05, 4.69) is 17.2 Å². The Hall–Kier alpha value is -3.17. The highest BCUT2D eigenvalue weighted by Gasteiger charge is 2.16. The largest absolute Gasteiger partial charge is 0.484 e. The van der Waals surface area contributed by atoms with Gasteiger partial charge in [0.15, 0.2) is 24.8 Å². The lowest BCUT2D eigenvalue weighted by Gasteiger charge is -2.19. The first-order chi connectivity index (χ1) is 15.3. The average Bonchev–Trinajstić information content (AvgIpc) is 2.77. The number of amides is 2. The Morgan fingerprint density at radius 3 is 2.31 bits per heavy atom. The molecule has 2 amide bonds. The van der Waals surface area contributed by atoms with Gasteiger partial charge in [0.1, 0.15) is 11.5 Å². The normalized spacial score (nSPS) is 12.4. The molecular weight excluding hydrogens is 446 g/mol. The molecule has 2 atom stereocenters. The zero-order valence-electron chi connectivity index (χ0n) is 17.0. The van der Waals surface area contributed by atoms with Crippen LogP contribution in [0.15, 0.2) is 55.1 Å². The van der Waals surface area contributed by atoms with Crippen LogP contribution >= 0.6 is 11.6 Å². The van der Waals surface area contributed by atoms with Gasteiger partial charge in [-0.3, -0.25) is 9.59 Å². The first-order valence-corrected chi connectivity index (χ1v) is 9.97. The molecule has 0 fully saturated rings. The SMILES string of the molecule is C=CC(C[C@H](O)CNC(=O)COc1ccc(F)c(F)c1)NC(=O)COc1ccc(Cl)cc1. The number of ether oxygens (including phenoxy) is 2. The van der Waals surface area contributed by atoms with E-state index >= 15 is 0 Å². The molecule has 0 aliphatic heterocycles. The van der Waals surface area contributed by atoms with Crippen molar-refractivity contribution >= 4 is 23.4 Å². The summed E-state index contributed by atoms with van der Waals surface area (Å²) in [7, 11) is 0. The number of hydrogen-bond acceptors (Lipinski definition) is 5. The van der Waals surface area contributed by atoms with Crippen LogP contribution in [0.1, 0.15) is 6.42 Å². The molecule has 0 spiro atoms. The van der Waals surface area contributed by atoms with Gasteiger partial charge in [-0.25, -0.2) is 8.78 Å². The topological polar surface area (TPSA) is 96.9 Å². The quantitative estimate of drug-likeness (QED) is 0.416. The highest BCUT2D eigenvalue weighted by molar-refractivity contribution is 6.30. The van der Waals surface area contributed by atoms with Crippen LogP contribution in [0, 0.1) is 11.6 Å². The Bertz CT molecular complexity index is 927. The van der Waals surface area contributed by atoms with E-state index in [1.54, 1.807) is 24.3 Å². The maximum absolute atomic E-state index is 13.1. The van der Waals surface area contributed by atoms with Gasteiger partial charge in [0.05, 0.1) is 6.10 Å². The third-order valence-electron chi connectivity index (χ3n) is 4.14. The van der Waals surface area contributed by atoms with E-state index in [0.29, 0.717) is 10.8 Å². The molecule has 7 nitrogen and oxygen atoms in total. The molecule has 0 saturated heterocycles. The molecule has 0 heterocycles. The van der Waals surface area contributed by atoms with Gasteiger partial charge in [-0.15, -0.1) is 6.58 Å². The fourth-order valence-electron chi connectivity index (χ4n) is 2.52. The molecule has 0 aliphatic carbocycles. The van der Waals surface area contributed by atoms with Gasteiger partial charge in [0, 0.05) is 23.7 Å². The lowest BCUT2D eigenvalue weighted by Crippen LogP contribution is -2.42. The summed E-state index contributed by atoms with van der Waals surface area (Å²) in [6, 6.07) is 8.87. The predicted molar refractivity (Wildman–Crippen MR) is 115 cm³/mol. The monoisotopic (exact) mass is 468 g/mol. The van der Waals surface area contributed by atoms with E-state index in [-0.39, 0.29) is 25.3 Å². The van der Waals surface area contributed by atoms with Crippen molar-refractivity contribution in [2.75, 3.05) is 19.8 Å². The van der Waals surface area contributed by atoms with Crippen LogP contribution in [0.3, 0.4) is 0 Å². The molecule has 2 aromatic carbocycles. The summed E-state index contributed by atoms with van der Waals surface area (Å²) in [5.74, 6) is -2.62. The Morgan fingerprint density at radius 2 is 1.66 bits per heavy atom. The molecule has 32 heavy (non-hydrogen) atoms.